The molecule has 0 aliphatic carbocycles. The number of rotatable bonds is 4. The van der Waals surface area contributed by atoms with Crippen LogP contribution >= 0.6 is 0 Å². The van der Waals surface area contributed by atoms with E-state index in [1.165, 1.54) is 0 Å². The summed E-state index contributed by atoms with van der Waals surface area (Å²) in [6, 6.07) is 0. The van der Waals surface area contributed by atoms with Crippen molar-refractivity contribution in [2.75, 3.05) is 26.4 Å². The number of ether oxygens (including phenoxy) is 3. The second-order valence-corrected chi connectivity index (χ2v) is 6.38. The van der Waals surface area contributed by atoms with E-state index < -0.39 is 11.7 Å². The summed E-state index contributed by atoms with van der Waals surface area (Å²) < 4.78 is 17.2. The summed E-state index contributed by atoms with van der Waals surface area (Å²) in [5.74, 6) is 0.258. The Bertz CT molecular complexity index is 278. The molecule has 2 rings (SSSR count). The third kappa shape index (κ3) is 3.48. The third-order valence-electron chi connectivity index (χ3n) is 4.61. The zero-order chi connectivity index (χ0) is 13.9. The van der Waals surface area contributed by atoms with Crippen LogP contribution in [0.2, 0.25) is 0 Å². The van der Waals surface area contributed by atoms with Gasteiger partial charge in [0.2, 0.25) is 0 Å². The van der Waals surface area contributed by atoms with E-state index in [1.807, 2.05) is 20.8 Å². The van der Waals surface area contributed by atoms with Crippen molar-refractivity contribution in [2.24, 2.45) is 5.92 Å². The first-order valence-corrected chi connectivity index (χ1v) is 7.53. The molecule has 0 radical (unpaired) electrons. The molecule has 19 heavy (non-hydrogen) atoms. The van der Waals surface area contributed by atoms with E-state index in [4.69, 9.17) is 14.2 Å². The summed E-state index contributed by atoms with van der Waals surface area (Å²) in [6.07, 6.45) is 3.31. The van der Waals surface area contributed by atoms with Gasteiger partial charge in [0.15, 0.2) is 0 Å². The van der Waals surface area contributed by atoms with Crippen LogP contribution in [0.1, 0.15) is 46.5 Å². The predicted molar refractivity (Wildman–Crippen MR) is 73.2 cm³/mol. The van der Waals surface area contributed by atoms with Gasteiger partial charge in [-0.2, -0.15) is 0 Å². The van der Waals surface area contributed by atoms with Crippen molar-refractivity contribution in [1.82, 2.24) is 0 Å². The summed E-state index contributed by atoms with van der Waals surface area (Å²) in [5, 5.41) is 10.6. The molecule has 1 N–H and O–H groups in total. The Balaban J connectivity index is 2.00. The van der Waals surface area contributed by atoms with Gasteiger partial charge in [-0.25, -0.2) is 0 Å². The molecule has 112 valence electrons. The van der Waals surface area contributed by atoms with Crippen LogP contribution in [0, 0.1) is 5.92 Å². The molecule has 4 nitrogen and oxygen atoms in total. The van der Waals surface area contributed by atoms with Gasteiger partial charge in [0.05, 0.1) is 17.3 Å². The minimum atomic E-state index is -0.483. The van der Waals surface area contributed by atoms with Gasteiger partial charge in [-0.15, -0.1) is 0 Å². The van der Waals surface area contributed by atoms with E-state index in [9.17, 15) is 5.11 Å². The molecule has 0 amide bonds. The van der Waals surface area contributed by atoms with E-state index in [0.717, 1.165) is 45.5 Å². The molecule has 0 aromatic carbocycles. The maximum atomic E-state index is 10.6. The lowest BCUT2D eigenvalue weighted by molar-refractivity contribution is -0.183. The minimum Gasteiger partial charge on any atom is -0.390 e. The maximum Gasteiger partial charge on any atom is 0.0886 e. The first-order valence-electron chi connectivity index (χ1n) is 7.53. The Labute approximate surface area is 116 Å². The summed E-state index contributed by atoms with van der Waals surface area (Å²) in [7, 11) is 0. The van der Waals surface area contributed by atoms with Crippen LogP contribution in [0.15, 0.2) is 0 Å². The van der Waals surface area contributed by atoms with Crippen LogP contribution in [0.3, 0.4) is 0 Å². The lowest BCUT2D eigenvalue weighted by Crippen LogP contribution is -2.51. The third-order valence-corrected chi connectivity index (χ3v) is 4.61. The summed E-state index contributed by atoms with van der Waals surface area (Å²) in [4.78, 5) is 0. The topological polar surface area (TPSA) is 47.9 Å². The van der Waals surface area contributed by atoms with Gasteiger partial charge < -0.3 is 19.3 Å². The Morgan fingerprint density at radius 3 is 2.63 bits per heavy atom. The zero-order valence-electron chi connectivity index (χ0n) is 12.5. The van der Waals surface area contributed by atoms with Crippen LogP contribution in [0.25, 0.3) is 0 Å². The molecular weight excluding hydrogens is 244 g/mol. The molecule has 4 heteroatoms. The Morgan fingerprint density at radius 2 is 2.00 bits per heavy atom. The van der Waals surface area contributed by atoms with Crippen LogP contribution in [-0.2, 0) is 14.2 Å². The fourth-order valence-corrected chi connectivity index (χ4v) is 3.45. The number of aliphatic hydroxyl groups is 1. The standard InChI is InChI=1S/C15H28O4/c1-4-18-14(2,3)13(16)12-5-8-19-15(11-12)6-9-17-10-7-15/h12-13,16H,4-11H2,1-3H3. The lowest BCUT2D eigenvalue weighted by atomic mass is 9.75. The highest BCUT2D eigenvalue weighted by Gasteiger charge is 2.44. The van der Waals surface area contributed by atoms with Crippen molar-refractivity contribution >= 4 is 0 Å². The predicted octanol–water partition coefficient (Wildman–Crippen LogP) is 2.14. The highest BCUT2D eigenvalue weighted by Crippen LogP contribution is 2.40. The molecule has 2 aliphatic rings. The van der Waals surface area contributed by atoms with Crippen LogP contribution < -0.4 is 0 Å². The second-order valence-electron chi connectivity index (χ2n) is 6.38. The number of hydrogen-bond donors (Lipinski definition) is 1. The molecule has 2 aliphatic heterocycles. The monoisotopic (exact) mass is 272 g/mol. The summed E-state index contributed by atoms with van der Waals surface area (Å²) >= 11 is 0. The molecule has 0 bridgehead atoms. The number of aliphatic hydroxyl groups excluding tert-OH is 1. The van der Waals surface area contributed by atoms with Gasteiger partial charge in [-0.1, -0.05) is 0 Å². The second kappa shape index (κ2) is 6.08. The van der Waals surface area contributed by atoms with E-state index in [1.54, 1.807) is 0 Å². The Hall–Kier alpha value is -0.160. The molecule has 2 atom stereocenters. The van der Waals surface area contributed by atoms with Gasteiger partial charge in [-0.05, 0) is 52.4 Å². The van der Waals surface area contributed by atoms with Crippen LogP contribution in [0.5, 0.6) is 0 Å². The first-order chi connectivity index (χ1) is 8.99. The van der Waals surface area contributed by atoms with E-state index in [-0.39, 0.29) is 11.5 Å². The quantitative estimate of drug-likeness (QED) is 0.852. The van der Waals surface area contributed by atoms with Crippen molar-refractivity contribution in [1.29, 1.82) is 0 Å². The highest BCUT2D eigenvalue weighted by atomic mass is 16.5. The molecule has 2 heterocycles. The van der Waals surface area contributed by atoms with E-state index in [2.05, 4.69) is 0 Å². The van der Waals surface area contributed by atoms with Crippen molar-refractivity contribution in [3.63, 3.8) is 0 Å². The van der Waals surface area contributed by atoms with Crippen molar-refractivity contribution in [2.45, 2.75) is 63.8 Å². The average Bonchev–Trinajstić information content (AvgIpc) is 2.39. The molecule has 0 aromatic rings. The Kier molecular flexibility index (Phi) is 4.88. The molecule has 2 unspecified atom stereocenters. The molecular formula is C15H28O4. The number of hydrogen-bond acceptors (Lipinski definition) is 4. The van der Waals surface area contributed by atoms with Crippen LogP contribution in [0.4, 0.5) is 0 Å². The maximum absolute atomic E-state index is 10.6. The van der Waals surface area contributed by atoms with Crippen LogP contribution in [-0.4, -0.2) is 48.8 Å². The molecule has 0 aromatic heterocycles. The van der Waals surface area contributed by atoms with E-state index in [0.29, 0.717) is 6.61 Å². The average molecular weight is 272 g/mol. The summed E-state index contributed by atoms with van der Waals surface area (Å²) in [6.45, 7) is 8.85. The fourth-order valence-electron chi connectivity index (χ4n) is 3.45. The zero-order valence-corrected chi connectivity index (χ0v) is 12.5. The van der Waals surface area contributed by atoms with Crippen molar-refractivity contribution in [3.8, 4) is 0 Å². The highest BCUT2D eigenvalue weighted by molar-refractivity contribution is 4.94. The van der Waals surface area contributed by atoms with Crippen molar-refractivity contribution < 1.29 is 19.3 Å². The molecule has 2 fully saturated rings. The van der Waals surface area contributed by atoms with Gasteiger partial charge in [0.25, 0.3) is 0 Å². The minimum absolute atomic E-state index is 0.0650. The first kappa shape index (κ1) is 15.2. The lowest BCUT2D eigenvalue weighted by Gasteiger charge is -2.46. The molecule has 0 saturated carbocycles. The van der Waals surface area contributed by atoms with E-state index >= 15 is 0 Å². The largest absolute Gasteiger partial charge is 0.390 e. The Morgan fingerprint density at radius 1 is 1.32 bits per heavy atom. The van der Waals surface area contributed by atoms with Crippen molar-refractivity contribution in [3.05, 3.63) is 0 Å². The van der Waals surface area contributed by atoms with Gasteiger partial charge in [0, 0.05) is 26.4 Å². The smallest absolute Gasteiger partial charge is 0.0886 e. The van der Waals surface area contributed by atoms with Gasteiger partial charge in [-0.3, -0.25) is 0 Å². The van der Waals surface area contributed by atoms with Gasteiger partial charge in [0.1, 0.15) is 0 Å². The normalized spacial score (nSPS) is 29.4. The fraction of sp³-hybridized carbons (Fsp3) is 1.00. The molecule has 2 saturated heterocycles. The molecule has 1 spiro atoms. The SMILES string of the molecule is CCOC(C)(C)C(O)C1CCOC2(CCOCC2)C1. The van der Waals surface area contributed by atoms with Gasteiger partial charge >= 0.3 is 0 Å². The summed E-state index contributed by atoms with van der Waals surface area (Å²) in [5.41, 5.74) is -0.548.